The molecule has 1 aromatic carbocycles. The molecule has 0 saturated heterocycles. The zero-order valence-electron chi connectivity index (χ0n) is 10.8. The van der Waals surface area contributed by atoms with Crippen LogP contribution in [0.1, 0.15) is 37.3 Å². The molecule has 0 aliphatic heterocycles. The molecule has 1 fully saturated rings. The molecule has 0 radical (unpaired) electrons. The van der Waals surface area contributed by atoms with Crippen LogP contribution < -0.4 is 5.32 Å². The van der Waals surface area contributed by atoms with Crippen molar-refractivity contribution in [1.82, 2.24) is 5.32 Å². The van der Waals surface area contributed by atoms with Crippen LogP contribution in [0, 0.1) is 18.7 Å². The summed E-state index contributed by atoms with van der Waals surface area (Å²) in [6.07, 6.45) is 4.84. The number of halogens is 1. The van der Waals surface area contributed by atoms with Crippen LogP contribution in [0.3, 0.4) is 0 Å². The fourth-order valence-corrected chi connectivity index (χ4v) is 2.16. The van der Waals surface area contributed by atoms with Crippen molar-refractivity contribution in [1.29, 1.82) is 0 Å². The summed E-state index contributed by atoms with van der Waals surface area (Å²) in [5, 5.41) is 3.53. The van der Waals surface area contributed by atoms with Gasteiger partial charge in [-0.15, -0.1) is 0 Å². The first kappa shape index (κ1) is 12.6. The van der Waals surface area contributed by atoms with Crippen LogP contribution in [0.2, 0.25) is 0 Å². The minimum absolute atomic E-state index is 0.117. The highest BCUT2D eigenvalue weighted by Gasteiger charge is 2.20. The van der Waals surface area contributed by atoms with Crippen LogP contribution in [-0.4, -0.2) is 12.6 Å². The summed E-state index contributed by atoms with van der Waals surface area (Å²) in [7, 11) is 0. The molecule has 1 aromatic rings. The molecular formula is C15H22FN. The SMILES string of the molecule is Cc1ccc(F)cc1CC(C)CCNC1CC1. The third-order valence-corrected chi connectivity index (χ3v) is 3.53. The molecule has 94 valence electrons. The fraction of sp³-hybridized carbons (Fsp3) is 0.600. The number of benzene rings is 1. The van der Waals surface area contributed by atoms with Gasteiger partial charge in [0.25, 0.3) is 0 Å². The second kappa shape index (κ2) is 5.63. The highest BCUT2D eigenvalue weighted by Crippen LogP contribution is 2.20. The molecule has 1 aliphatic rings. The van der Waals surface area contributed by atoms with Gasteiger partial charge in [-0.3, -0.25) is 0 Å². The maximum atomic E-state index is 13.2. The molecule has 2 rings (SSSR count). The summed E-state index contributed by atoms with van der Waals surface area (Å²) in [6, 6.07) is 5.89. The van der Waals surface area contributed by atoms with E-state index in [9.17, 15) is 4.39 Å². The molecule has 0 amide bonds. The number of hydrogen-bond donors (Lipinski definition) is 1. The summed E-state index contributed by atoms with van der Waals surface area (Å²) in [5.74, 6) is 0.496. The van der Waals surface area contributed by atoms with Crippen LogP contribution in [0.4, 0.5) is 4.39 Å². The van der Waals surface area contributed by atoms with E-state index in [0.717, 1.165) is 24.6 Å². The first-order chi connectivity index (χ1) is 8.15. The highest BCUT2D eigenvalue weighted by atomic mass is 19.1. The van der Waals surface area contributed by atoms with Crippen molar-refractivity contribution >= 4 is 0 Å². The Morgan fingerprint density at radius 1 is 1.41 bits per heavy atom. The minimum Gasteiger partial charge on any atom is -0.314 e. The van der Waals surface area contributed by atoms with Crippen LogP contribution in [0.15, 0.2) is 18.2 Å². The second-order valence-electron chi connectivity index (χ2n) is 5.40. The smallest absolute Gasteiger partial charge is 0.123 e. The van der Waals surface area contributed by atoms with Gasteiger partial charge in [0, 0.05) is 6.04 Å². The van der Waals surface area contributed by atoms with Gasteiger partial charge in [-0.2, -0.15) is 0 Å². The number of aryl methyl sites for hydroxylation is 1. The van der Waals surface area contributed by atoms with Crippen molar-refractivity contribution < 1.29 is 4.39 Å². The van der Waals surface area contributed by atoms with Crippen LogP contribution in [0.25, 0.3) is 0 Å². The molecular weight excluding hydrogens is 213 g/mol. The standard InChI is InChI=1S/C15H22FN/c1-11(7-8-17-15-5-6-15)9-13-10-14(16)4-3-12(13)2/h3-4,10-11,15,17H,5-9H2,1-2H3. The quantitative estimate of drug-likeness (QED) is 0.796. The van der Waals surface area contributed by atoms with E-state index in [1.807, 2.05) is 6.07 Å². The third-order valence-electron chi connectivity index (χ3n) is 3.53. The molecule has 0 heterocycles. The van der Waals surface area contributed by atoms with Gasteiger partial charge in [0.1, 0.15) is 5.82 Å². The lowest BCUT2D eigenvalue weighted by atomic mass is 9.95. The summed E-state index contributed by atoms with van der Waals surface area (Å²) in [4.78, 5) is 0. The van der Waals surface area contributed by atoms with Gasteiger partial charge in [-0.25, -0.2) is 4.39 Å². The topological polar surface area (TPSA) is 12.0 Å². The van der Waals surface area contributed by atoms with E-state index in [1.165, 1.54) is 30.9 Å². The summed E-state index contributed by atoms with van der Waals surface area (Å²) in [6.45, 7) is 5.41. The van der Waals surface area contributed by atoms with Crippen LogP contribution >= 0.6 is 0 Å². The lowest BCUT2D eigenvalue weighted by Gasteiger charge is -2.13. The molecule has 0 spiro atoms. The molecule has 1 unspecified atom stereocenters. The summed E-state index contributed by atoms with van der Waals surface area (Å²) >= 11 is 0. The van der Waals surface area contributed by atoms with E-state index in [0.29, 0.717) is 5.92 Å². The van der Waals surface area contributed by atoms with Gasteiger partial charge in [0.05, 0.1) is 0 Å². The fourth-order valence-electron chi connectivity index (χ4n) is 2.16. The average molecular weight is 235 g/mol. The maximum absolute atomic E-state index is 13.2. The third kappa shape index (κ3) is 4.12. The molecule has 2 heteroatoms. The molecule has 1 nitrogen and oxygen atoms in total. The Labute approximate surface area is 103 Å². The lowest BCUT2D eigenvalue weighted by Crippen LogP contribution is -2.20. The number of nitrogens with one attached hydrogen (secondary N) is 1. The number of hydrogen-bond acceptors (Lipinski definition) is 1. The predicted octanol–water partition coefficient (Wildman–Crippen LogP) is 3.45. The summed E-state index contributed by atoms with van der Waals surface area (Å²) in [5.41, 5.74) is 2.36. The van der Waals surface area contributed by atoms with Crippen molar-refractivity contribution in [2.24, 2.45) is 5.92 Å². The van der Waals surface area contributed by atoms with Gasteiger partial charge < -0.3 is 5.32 Å². The Bertz CT molecular complexity index is 371. The van der Waals surface area contributed by atoms with Crippen molar-refractivity contribution in [3.05, 3.63) is 35.1 Å². The molecule has 1 atom stereocenters. The van der Waals surface area contributed by atoms with E-state index in [-0.39, 0.29) is 5.82 Å². The van der Waals surface area contributed by atoms with Crippen molar-refractivity contribution in [3.8, 4) is 0 Å². The lowest BCUT2D eigenvalue weighted by molar-refractivity contribution is 0.495. The van der Waals surface area contributed by atoms with E-state index >= 15 is 0 Å². The normalized spacial score (nSPS) is 17.1. The zero-order valence-corrected chi connectivity index (χ0v) is 10.8. The second-order valence-corrected chi connectivity index (χ2v) is 5.40. The Morgan fingerprint density at radius 3 is 2.88 bits per heavy atom. The molecule has 1 aliphatic carbocycles. The van der Waals surface area contributed by atoms with Crippen molar-refractivity contribution in [2.75, 3.05) is 6.54 Å². The van der Waals surface area contributed by atoms with Gasteiger partial charge >= 0.3 is 0 Å². The molecule has 0 aromatic heterocycles. The van der Waals surface area contributed by atoms with Gasteiger partial charge in [-0.05, 0) is 68.3 Å². The first-order valence-electron chi connectivity index (χ1n) is 6.63. The molecule has 1 saturated carbocycles. The van der Waals surface area contributed by atoms with Crippen LogP contribution in [0.5, 0.6) is 0 Å². The molecule has 17 heavy (non-hydrogen) atoms. The Kier molecular flexibility index (Phi) is 4.16. The minimum atomic E-state index is -0.117. The molecule has 1 N–H and O–H groups in total. The predicted molar refractivity (Wildman–Crippen MR) is 69.6 cm³/mol. The maximum Gasteiger partial charge on any atom is 0.123 e. The van der Waals surface area contributed by atoms with Crippen molar-refractivity contribution in [3.63, 3.8) is 0 Å². The van der Waals surface area contributed by atoms with E-state index in [4.69, 9.17) is 0 Å². The van der Waals surface area contributed by atoms with Gasteiger partial charge in [0.15, 0.2) is 0 Å². The van der Waals surface area contributed by atoms with Crippen molar-refractivity contribution in [2.45, 2.75) is 45.6 Å². The Morgan fingerprint density at radius 2 is 2.18 bits per heavy atom. The first-order valence-corrected chi connectivity index (χ1v) is 6.63. The van der Waals surface area contributed by atoms with Gasteiger partial charge in [0.2, 0.25) is 0 Å². The van der Waals surface area contributed by atoms with Gasteiger partial charge in [-0.1, -0.05) is 13.0 Å². The van der Waals surface area contributed by atoms with E-state index in [2.05, 4.69) is 19.2 Å². The van der Waals surface area contributed by atoms with Crippen LogP contribution in [-0.2, 0) is 6.42 Å². The highest BCUT2D eigenvalue weighted by molar-refractivity contribution is 5.26. The summed E-state index contributed by atoms with van der Waals surface area (Å²) < 4.78 is 13.2. The van der Waals surface area contributed by atoms with E-state index in [1.54, 1.807) is 6.07 Å². The average Bonchev–Trinajstić information content (AvgIpc) is 3.07. The molecule has 0 bridgehead atoms. The Balaban J connectivity index is 1.79. The largest absolute Gasteiger partial charge is 0.314 e. The number of rotatable bonds is 6. The Hall–Kier alpha value is -0.890. The zero-order chi connectivity index (χ0) is 12.3. The monoisotopic (exact) mass is 235 g/mol. The van der Waals surface area contributed by atoms with E-state index < -0.39 is 0 Å².